The Morgan fingerprint density at radius 2 is 2.11 bits per heavy atom. The molecule has 0 bridgehead atoms. The number of nitrogens with zero attached hydrogens (tertiary/aromatic N) is 2. The Morgan fingerprint density at radius 3 is 2.67 bits per heavy atom. The molecule has 0 aromatic rings. The van der Waals surface area contributed by atoms with Crippen LogP contribution in [-0.4, -0.2) is 66.3 Å². The van der Waals surface area contributed by atoms with Crippen molar-refractivity contribution in [3.05, 3.63) is 0 Å². The molecule has 18 heavy (non-hydrogen) atoms. The van der Waals surface area contributed by atoms with E-state index in [9.17, 15) is 5.11 Å². The summed E-state index contributed by atoms with van der Waals surface area (Å²) in [7, 11) is 2.14. The molecule has 1 saturated carbocycles. The van der Waals surface area contributed by atoms with Crippen molar-refractivity contribution >= 4 is 0 Å². The first-order valence-electron chi connectivity index (χ1n) is 7.41. The molecule has 4 heteroatoms. The van der Waals surface area contributed by atoms with Crippen LogP contribution >= 0.6 is 0 Å². The van der Waals surface area contributed by atoms with E-state index >= 15 is 0 Å². The van der Waals surface area contributed by atoms with Crippen LogP contribution in [0.4, 0.5) is 0 Å². The van der Waals surface area contributed by atoms with Crippen LogP contribution in [0.3, 0.4) is 0 Å². The van der Waals surface area contributed by atoms with Crippen molar-refractivity contribution in [3.8, 4) is 0 Å². The topological polar surface area (TPSA) is 52.7 Å². The first kappa shape index (κ1) is 14.3. The van der Waals surface area contributed by atoms with Crippen LogP contribution in [0.5, 0.6) is 0 Å². The first-order chi connectivity index (χ1) is 8.59. The van der Waals surface area contributed by atoms with Crippen molar-refractivity contribution in [1.82, 2.24) is 9.80 Å². The van der Waals surface area contributed by atoms with Crippen molar-refractivity contribution in [1.29, 1.82) is 0 Å². The van der Waals surface area contributed by atoms with E-state index in [1.165, 1.54) is 32.2 Å². The van der Waals surface area contributed by atoms with Crippen LogP contribution in [0.25, 0.3) is 0 Å². The smallest absolute Gasteiger partial charge is 0.0626 e. The molecule has 1 aliphatic heterocycles. The number of likely N-dealkylation sites (N-methyl/N-ethyl adjacent to an activating group) is 2. The van der Waals surface area contributed by atoms with E-state index in [4.69, 9.17) is 5.73 Å². The highest BCUT2D eigenvalue weighted by atomic mass is 16.3. The van der Waals surface area contributed by atoms with Gasteiger partial charge in [0, 0.05) is 19.1 Å². The maximum Gasteiger partial charge on any atom is 0.0626 e. The third-order valence-corrected chi connectivity index (χ3v) is 4.68. The molecule has 2 atom stereocenters. The summed E-state index contributed by atoms with van der Waals surface area (Å²) in [4.78, 5) is 4.89. The lowest BCUT2D eigenvalue weighted by molar-refractivity contribution is 0.116. The normalized spacial score (nSPS) is 28.8. The molecule has 1 aliphatic carbocycles. The standard InChI is InChI=1S/C14H29N3O/c1-3-17-8-4-5-13(17)9-16(2)10-14(15,11-18)12-6-7-12/h12-13,18H,3-11,15H2,1-2H3. The Bertz CT molecular complexity index is 270. The molecule has 0 aromatic carbocycles. The number of nitrogens with two attached hydrogens (primary N) is 1. The van der Waals surface area contributed by atoms with Crippen molar-refractivity contribution in [2.75, 3.05) is 39.8 Å². The maximum atomic E-state index is 9.54. The van der Waals surface area contributed by atoms with Gasteiger partial charge < -0.3 is 15.7 Å². The molecule has 3 N–H and O–H groups in total. The van der Waals surface area contributed by atoms with Gasteiger partial charge in [-0.1, -0.05) is 6.92 Å². The summed E-state index contributed by atoms with van der Waals surface area (Å²) in [5.41, 5.74) is 5.97. The molecule has 2 aliphatic rings. The van der Waals surface area contributed by atoms with E-state index in [-0.39, 0.29) is 12.1 Å². The van der Waals surface area contributed by atoms with Crippen LogP contribution in [-0.2, 0) is 0 Å². The Kier molecular flexibility index (Phi) is 4.64. The van der Waals surface area contributed by atoms with Gasteiger partial charge in [-0.05, 0) is 51.7 Å². The zero-order chi connectivity index (χ0) is 13.2. The zero-order valence-electron chi connectivity index (χ0n) is 11.9. The summed E-state index contributed by atoms with van der Waals surface area (Å²) in [5.74, 6) is 0.538. The lowest BCUT2D eigenvalue weighted by atomic mass is 9.95. The largest absolute Gasteiger partial charge is 0.394 e. The van der Waals surface area contributed by atoms with Gasteiger partial charge in [0.25, 0.3) is 0 Å². The number of hydrogen-bond acceptors (Lipinski definition) is 4. The third-order valence-electron chi connectivity index (χ3n) is 4.68. The van der Waals surface area contributed by atoms with Gasteiger partial charge in [-0.15, -0.1) is 0 Å². The summed E-state index contributed by atoms with van der Waals surface area (Å²) in [6.07, 6.45) is 5.01. The molecule has 2 fully saturated rings. The van der Waals surface area contributed by atoms with Crippen molar-refractivity contribution in [2.45, 2.75) is 44.2 Å². The van der Waals surface area contributed by atoms with Crippen molar-refractivity contribution < 1.29 is 5.11 Å². The summed E-state index contributed by atoms with van der Waals surface area (Å²) in [6.45, 7) is 6.65. The summed E-state index contributed by atoms with van der Waals surface area (Å²) >= 11 is 0. The molecule has 0 amide bonds. The van der Waals surface area contributed by atoms with Crippen LogP contribution in [0.15, 0.2) is 0 Å². The second kappa shape index (κ2) is 5.87. The number of aliphatic hydroxyl groups is 1. The van der Waals surface area contributed by atoms with E-state index < -0.39 is 0 Å². The highest BCUT2D eigenvalue weighted by Crippen LogP contribution is 2.38. The highest BCUT2D eigenvalue weighted by molar-refractivity contribution is 5.00. The zero-order valence-corrected chi connectivity index (χ0v) is 11.9. The molecule has 0 aromatic heterocycles. The Morgan fingerprint density at radius 1 is 1.39 bits per heavy atom. The second-order valence-corrected chi connectivity index (χ2v) is 6.29. The molecule has 2 unspecified atom stereocenters. The van der Waals surface area contributed by atoms with Gasteiger partial charge in [0.15, 0.2) is 0 Å². The van der Waals surface area contributed by atoms with Gasteiger partial charge in [0.1, 0.15) is 0 Å². The highest BCUT2D eigenvalue weighted by Gasteiger charge is 2.42. The molecule has 2 rings (SSSR count). The molecule has 1 heterocycles. The molecule has 0 radical (unpaired) electrons. The molecule has 4 nitrogen and oxygen atoms in total. The van der Waals surface area contributed by atoms with E-state index in [1.54, 1.807) is 0 Å². The maximum absolute atomic E-state index is 9.54. The SMILES string of the molecule is CCN1CCCC1CN(C)CC(N)(CO)C1CC1. The molecular formula is C14H29N3O. The van der Waals surface area contributed by atoms with Crippen LogP contribution < -0.4 is 5.73 Å². The second-order valence-electron chi connectivity index (χ2n) is 6.29. The molecule has 106 valence electrons. The lowest BCUT2D eigenvalue weighted by Gasteiger charge is -2.35. The van der Waals surface area contributed by atoms with Gasteiger partial charge in [0.05, 0.1) is 12.1 Å². The lowest BCUT2D eigenvalue weighted by Crippen LogP contribution is -2.55. The van der Waals surface area contributed by atoms with Gasteiger partial charge in [0.2, 0.25) is 0 Å². The Labute approximate surface area is 111 Å². The quantitative estimate of drug-likeness (QED) is 0.696. The minimum Gasteiger partial charge on any atom is -0.394 e. The van der Waals surface area contributed by atoms with E-state index in [0.717, 1.165) is 19.6 Å². The van der Waals surface area contributed by atoms with Crippen LogP contribution in [0, 0.1) is 5.92 Å². The summed E-state index contributed by atoms with van der Waals surface area (Å²) in [6, 6.07) is 0.683. The van der Waals surface area contributed by atoms with Crippen molar-refractivity contribution in [3.63, 3.8) is 0 Å². The van der Waals surface area contributed by atoms with Crippen LogP contribution in [0.2, 0.25) is 0 Å². The monoisotopic (exact) mass is 255 g/mol. The van der Waals surface area contributed by atoms with Gasteiger partial charge in [-0.3, -0.25) is 4.90 Å². The van der Waals surface area contributed by atoms with Gasteiger partial charge in [-0.25, -0.2) is 0 Å². The van der Waals surface area contributed by atoms with E-state index in [0.29, 0.717) is 12.0 Å². The number of rotatable bonds is 7. The minimum absolute atomic E-state index is 0.115. The number of likely N-dealkylation sites (tertiary alicyclic amines) is 1. The number of aliphatic hydroxyl groups excluding tert-OH is 1. The summed E-state index contributed by atoms with van der Waals surface area (Å²) < 4.78 is 0. The average Bonchev–Trinajstić information content (AvgIpc) is 3.11. The van der Waals surface area contributed by atoms with Crippen LogP contribution in [0.1, 0.15) is 32.6 Å². The molecule has 1 saturated heterocycles. The average molecular weight is 255 g/mol. The fourth-order valence-electron chi connectivity index (χ4n) is 3.41. The minimum atomic E-state index is -0.371. The Balaban J connectivity index is 1.82. The molecule has 0 spiro atoms. The van der Waals surface area contributed by atoms with Gasteiger partial charge in [-0.2, -0.15) is 0 Å². The predicted octanol–water partition coefficient (Wildman–Crippen LogP) is 0.502. The van der Waals surface area contributed by atoms with E-state index in [1.807, 2.05) is 0 Å². The summed E-state index contributed by atoms with van der Waals surface area (Å²) in [5, 5.41) is 9.54. The fraction of sp³-hybridized carbons (Fsp3) is 1.00. The van der Waals surface area contributed by atoms with E-state index in [2.05, 4.69) is 23.8 Å². The predicted molar refractivity (Wildman–Crippen MR) is 74.5 cm³/mol. The Hall–Kier alpha value is -0.160. The van der Waals surface area contributed by atoms with Crippen molar-refractivity contribution in [2.24, 2.45) is 11.7 Å². The first-order valence-corrected chi connectivity index (χ1v) is 7.41. The van der Waals surface area contributed by atoms with Gasteiger partial charge >= 0.3 is 0 Å². The number of hydrogen-bond donors (Lipinski definition) is 2. The fourth-order valence-corrected chi connectivity index (χ4v) is 3.41. The third kappa shape index (κ3) is 3.23. The molecular weight excluding hydrogens is 226 g/mol.